The molecule has 0 aromatic carbocycles. The maximum Gasteiger partial charge on any atom is 0.323 e. The van der Waals surface area contributed by atoms with Crippen LogP contribution in [0.15, 0.2) is 0 Å². The molecule has 0 unspecified atom stereocenters. The number of rotatable bonds is 5. The summed E-state index contributed by atoms with van der Waals surface area (Å²) in [6, 6.07) is -0.104. The summed E-state index contributed by atoms with van der Waals surface area (Å²) >= 11 is 0. The summed E-state index contributed by atoms with van der Waals surface area (Å²) in [7, 11) is 0. The Bertz CT molecular complexity index is 420. The van der Waals surface area contributed by atoms with Gasteiger partial charge in [0.2, 0.25) is 11.8 Å². The minimum absolute atomic E-state index is 0.0295. The summed E-state index contributed by atoms with van der Waals surface area (Å²) in [5.41, 5.74) is 0. The normalized spacial score (nSPS) is 23.4. The number of nitrogens with zero attached hydrogens (tertiary/aromatic N) is 2. The van der Waals surface area contributed by atoms with Crippen molar-refractivity contribution >= 4 is 17.8 Å². The lowest BCUT2D eigenvalue weighted by Crippen LogP contribution is -2.48. The van der Waals surface area contributed by atoms with E-state index in [0.717, 1.165) is 0 Å². The standard InChI is InChI=1S/C14H22N2O5/c1-2-15-8-10(7-12(15)17)14(20)16(9-13(18)19)11-3-5-21-6-4-11/h10-11H,2-9H2,1H3,(H,18,19)/t10-/m1/s1. The molecule has 0 saturated carbocycles. The van der Waals surface area contributed by atoms with Crippen LogP contribution in [0.4, 0.5) is 0 Å². The molecule has 7 nitrogen and oxygen atoms in total. The summed E-state index contributed by atoms with van der Waals surface area (Å²) in [6.45, 7) is 3.63. The lowest BCUT2D eigenvalue weighted by molar-refractivity contribution is -0.149. The highest BCUT2D eigenvalue weighted by Crippen LogP contribution is 2.23. The van der Waals surface area contributed by atoms with Gasteiger partial charge in [0.1, 0.15) is 6.54 Å². The molecule has 21 heavy (non-hydrogen) atoms. The molecule has 0 spiro atoms. The van der Waals surface area contributed by atoms with Crippen LogP contribution < -0.4 is 0 Å². The van der Waals surface area contributed by atoms with Gasteiger partial charge in [-0.05, 0) is 19.8 Å². The quantitative estimate of drug-likeness (QED) is 0.769. The van der Waals surface area contributed by atoms with Crippen molar-refractivity contribution in [3.8, 4) is 0 Å². The summed E-state index contributed by atoms with van der Waals surface area (Å²) in [5.74, 6) is -1.68. The lowest BCUT2D eigenvalue weighted by atomic mass is 10.0. The molecular formula is C14H22N2O5. The van der Waals surface area contributed by atoms with Crippen LogP contribution in [0.2, 0.25) is 0 Å². The maximum absolute atomic E-state index is 12.6. The van der Waals surface area contributed by atoms with Gasteiger partial charge in [-0.3, -0.25) is 14.4 Å². The van der Waals surface area contributed by atoms with Crippen LogP contribution >= 0.6 is 0 Å². The number of carboxylic acid groups (broad SMARTS) is 1. The van der Waals surface area contributed by atoms with Gasteiger partial charge in [0.25, 0.3) is 0 Å². The molecule has 0 aliphatic carbocycles. The van der Waals surface area contributed by atoms with E-state index in [4.69, 9.17) is 9.84 Å². The van der Waals surface area contributed by atoms with Crippen molar-refractivity contribution in [2.75, 3.05) is 32.8 Å². The Labute approximate surface area is 123 Å². The van der Waals surface area contributed by atoms with Crippen molar-refractivity contribution in [1.29, 1.82) is 0 Å². The highest BCUT2D eigenvalue weighted by Gasteiger charge is 2.38. The Kier molecular flexibility index (Phi) is 5.17. The Balaban J connectivity index is 2.07. The predicted octanol–water partition coefficient (Wildman–Crippen LogP) is -0.0530. The van der Waals surface area contributed by atoms with E-state index in [1.54, 1.807) is 4.90 Å². The zero-order valence-electron chi connectivity index (χ0n) is 12.3. The van der Waals surface area contributed by atoms with E-state index in [2.05, 4.69) is 0 Å². The minimum atomic E-state index is -1.02. The topological polar surface area (TPSA) is 87.2 Å². The smallest absolute Gasteiger partial charge is 0.323 e. The van der Waals surface area contributed by atoms with Crippen molar-refractivity contribution in [3.63, 3.8) is 0 Å². The second-order valence-corrected chi connectivity index (χ2v) is 5.54. The molecule has 1 atom stereocenters. The number of carbonyl (C=O) groups excluding carboxylic acids is 2. The van der Waals surface area contributed by atoms with Crippen molar-refractivity contribution in [2.45, 2.75) is 32.2 Å². The van der Waals surface area contributed by atoms with E-state index >= 15 is 0 Å². The Hall–Kier alpha value is -1.63. The van der Waals surface area contributed by atoms with E-state index in [9.17, 15) is 14.4 Å². The first-order chi connectivity index (χ1) is 10.0. The molecule has 2 aliphatic rings. The molecular weight excluding hydrogens is 276 g/mol. The molecule has 1 N–H and O–H groups in total. The third-order valence-electron chi connectivity index (χ3n) is 4.17. The Morgan fingerprint density at radius 1 is 1.38 bits per heavy atom. The molecule has 2 aliphatic heterocycles. The van der Waals surface area contributed by atoms with Crippen LogP contribution in [0.1, 0.15) is 26.2 Å². The SMILES string of the molecule is CCN1C[C@H](C(=O)N(CC(=O)O)C2CCOCC2)CC1=O. The van der Waals surface area contributed by atoms with E-state index < -0.39 is 11.9 Å². The maximum atomic E-state index is 12.6. The molecule has 2 fully saturated rings. The van der Waals surface area contributed by atoms with Gasteiger partial charge in [-0.2, -0.15) is 0 Å². The number of carbonyl (C=O) groups is 3. The average molecular weight is 298 g/mol. The van der Waals surface area contributed by atoms with Crippen molar-refractivity contribution in [3.05, 3.63) is 0 Å². The predicted molar refractivity (Wildman–Crippen MR) is 73.6 cm³/mol. The zero-order chi connectivity index (χ0) is 15.4. The summed E-state index contributed by atoms with van der Waals surface area (Å²) in [5, 5.41) is 9.05. The second kappa shape index (κ2) is 6.89. The summed E-state index contributed by atoms with van der Waals surface area (Å²) in [6.07, 6.45) is 1.49. The van der Waals surface area contributed by atoms with Gasteiger partial charge in [-0.1, -0.05) is 0 Å². The lowest BCUT2D eigenvalue weighted by Gasteiger charge is -2.34. The molecule has 0 aromatic rings. The molecule has 0 bridgehead atoms. The molecule has 2 amide bonds. The van der Waals surface area contributed by atoms with Gasteiger partial charge < -0.3 is 19.6 Å². The second-order valence-electron chi connectivity index (χ2n) is 5.54. The first kappa shape index (κ1) is 15.8. The Morgan fingerprint density at radius 2 is 2.05 bits per heavy atom. The molecule has 2 heterocycles. The molecule has 118 valence electrons. The fourth-order valence-corrected chi connectivity index (χ4v) is 3.01. The number of aliphatic carboxylic acids is 1. The average Bonchev–Trinajstić information content (AvgIpc) is 2.86. The van der Waals surface area contributed by atoms with Crippen LogP contribution in [0.25, 0.3) is 0 Å². The Morgan fingerprint density at radius 3 is 2.57 bits per heavy atom. The number of likely N-dealkylation sites (tertiary alicyclic amines) is 1. The van der Waals surface area contributed by atoms with Gasteiger partial charge in [0.05, 0.1) is 5.92 Å². The number of carboxylic acids is 1. The van der Waals surface area contributed by atoms with Crippen LogP contribution in [0.5, 0.6) is 0 Å². The van der Waals surface area contributed by atoms with Crippen LogP contribution in [-0.2, 0) is 19.1 Å². The van der Waals surface area contributed by atoms with Crippen molar-refractivity contribution in [1.82, 2.24) is 9.80 Å². The third-order valence-corrected chi connectivity index (χ3v) is 4.17. The molecule has 0 aromatic heterocycles. The first-order valence-corrected chi connectivity index (χ1v) is 7.40. The minimum Gasteiger partial charge on any atom is -0.480 e. The van der Waals surface area contributed by atoms with Crippen LogP contribution in [0, 0.1) is 5.92 Å². The fourth-order valence-electron chi connectivity index (χ4n) is 3.01. The number of hydrogen-bond donors (Lipinski definition) is 1. The number of hydrogen-bond acceptors (Lipinski definition) is 4. The van der Waals surface area contributed by atoms with E-state index in [1.165, 1.54) is 4.90 Å². The van der Waals surface area contributed by atoms with Crippen molar-refractivity contribution in [2.24, 2.45) is 5.92 Å². The first-order valence-electron chi connectivity index (χ1n) is 7.40. The highest BCUT2D eigenvalue weighted by atomic mass is 16.5. The van der Waals surface area contributed by atoms with E-state index in [-0.39, 0.29) is 30.8 Å². The zero-order valence-corrected chi connectivity index (χ0v) is 12.3. The van der Waals surface area contributed by atoms with Gasteiger partial charge in [-0.25, -0.2) is 0 Å². The van der Waals surface area contributed by atoms with Gasteiger partial charge in [0, 0.05) is 38.8 Å². The molecule has 2 rings (SSSR count). The van der Waals surface area contributed by atoms with E-state index in [1.807, 2.05) is 6.92 Å². The van der Waals surface area contributed by atoms with Crippen molar-refractivity contribution < 1.29 is 24.2 Å². The monoisotopic (exact) mass is 298 g/mol. The van der Waals surface area contributed by atoms with Gasteiger partial charge in [-0.15, -0.1) is 0 Å². The van der Waals surface area contributed by atoms with E-state index in [0.29, 0.717) is 39.1 Å². The number of ether oxygens (including phenoxy) is 1. The third kappa shape index (κ3) is 3.72. The van der Waals surface area contributed by atoms with Gasteiger partial charge >= 0.3 is 5.97 Å². The molecule has 7 heteroatoms. The summed E-state index contributed by atoms with van der Waals surface area (Å²) in [4.78, 5) is 38.5. The van der Waals surface area contributed by atoms with Crippen LogP contribution in [-0.4, -0.2) is 71.6 Å². The fraction of sp³-hybridized carbons (Fsp3) is 0.786. The summed E-state index contributed by atoms with van der Waals surface area (Å²) < 4.78 is 5.26. The largest absolute Gasteiger partial charge is 0.480 e. The molecule has 0 radical (unpaired) electrons. The number of amides is 2. The highest BCUT2D eigenvalue weighted by molar-refractivity contribution is 5.90. The van der Waals surface area contributed by atoms with Crippen LogP contribution in [0.3, 0.4) is 0 Å². The molecule has 2 saturated heterocycles. The van der Waals surface area contributed by atoms with Gasteiger partial charge in [0.15, 0.2) is 0 Å².